The third-order valence-corrected chi connectivity index (χ3v) is 3.93. The molecule has 1 N–H and O–H groups in total. The number of amides is 2. The minimum Gasteiger partial charge on any atom is -0.336 e. The molecule has 3 rings (SSSR count). The van der Waals surface area contributed by atoms with Crippen molar-refractivity contribution in [1.82, 2.24) is 24.9 Å². The highest BCUT2D eigenvalue weighted by molar-refractivity contribution is 5.74. The zero-order valence-electron chi connectivity index (χ0n) is 11.4. The molecule has 19 heavy (non-hydrogen) atoms. The molecule has 0 spiro atoms. The van der Waals surface area contributed by atoms with Crippen LogP contribution in [0.3, 0.4) is 0 Å². The molecule has 0 aromatic carbocycles. The lowest BCUT2D eigenvalue weighted by Gasteiger charge is -2.31. The van der Waals surface area contributed by atoms with E-state index in [1.807, 2.05) is 21.8 Å². The lowest BCUT2D eigenvalue weighted by Crippen LogP contribution is -2.45. The first-order chi connectivity index (χ1) is 9.24. The van der Waals surface area contributed by atoms with Gasteiger partial charge in [-0.25, -0.2) is 4.79 Å². The van der Waals surface area contributed by atoms with Gasteiger partial charge in [-0.1, -0.05) is 0 Å². The zero-order valence-corrected chi connectivity index (χ0v) is 11.4. The average Bonchev–Trinajstić information content (AvgIpc) is 3.05. The molecule has 2 aliphatic rings. The Kier molecular flexibility index (Phi) is 3.42. The van der Waals surface area contributed by atoms with E-state index in [2.05, 4.69) is 22.4 Å². The fourth-order valence-corrected chi connectivity index (χ4v) is 2.96. The quantitative estimate of drug-likeness (QED) is 0.853. The summed E-state index contributed by atoms with van der Waals surface area (Å²) in [5, 5.41) is 7.42. The van der Waals surface area contributed by atoms with E-state index in [-0.39, 0.29) is 12.1 Å². The van der Waals surface area contributed by atoms with Crippen molar-refractivity contribution >= 4 is 6.03 Å². The van der Waals surface area contributed by atoms with Gasteiger partial charge >= 0.3 is 6.03 Å². The highest BCUT2D eigenvalue weighted by Crippen LogP contribution is 2.18. The summed E-state index contributed by atoms with van der Waals surface area (Å²) in [7, 11) is 2.10. The van der Waals surface area contributed by atoms with Gasteiger partial charge in [-0.3, -0.25) is 9.58 Å². The Morgan fingerprint density at radius 2 is 2.26 bits per heavy atom. The van der Waals surface area contributed by atoms with Gasteiger partial charge in [0.05, 0.1) is 11.7 Å². The number of carbonyl (C=O) groups excluding carboxylic acids is 1. The maximum Gasteiger partial charge on any atom is 0.317 e. The number of urea groups is 1. The van der Waals surface area contributed by atoms with Crippen molar-refractivity contribution < 1.29 is 4.79 Å². The van der Waals surface area contributed by atoms with Crippen LogP contribution in [0.25, 0.3) is 0 Å². The van der Waals surface area contributed by atoms with Gasteiger partial charge in [0.15, 0.2) is 0 Å². The summed E-state index contributed by atoms with van der Waals surface area (Å²) in [5.41, 5.74) is 1.22. The van der Waals surface area contributed by atoms with Gasteiger partial charge in [0.2, 0.25) is 0 Å². The van der Waals surface area contributed by atoms with Crippen molar-refractivity contribution in [2.24, 2.45) is 0 Å². The van der Waals surface area contributed by atoms with Crippen molar-refractivity contribution in [3.05, 3.63) is 18.0 Å². The first kappa shape index (κ1) is 12.5. The monoisotopic (exact) mass is 263 g/mol. The molecule has 0 saturated carbocycles. The molecule has 3 heterocycles. The molecular weight excluding hydrogens is 242 g/mol. The van der Waals surface area contributed by atoms with Crippen LogP contribution in [0.2, 0.25) is 0 Å². The number of rotatable bonds is 2. The Bertz CT molecular complexity index is 452. The van der Waals surface area contributed by atoms with Crippen molar-refractivity contribution in [2.75, 3.05) is 33.2 Å². The third-order valence-electron chi connectivity index (χ3n) is 3.93. The van der Waals surface area contributed by atoms with Crippen LogP contribution < -0.4 is 5.32 Å². The van der Waals surface area contributed by atoms with Crippen LogP contribution >= 0.6 is 0 Å². The first-order valence-corrected chi connectivity index (χ1v) is 6.98. The molecule has 1 saturated heterocycles. The SMILES string of the molecule is CN1Cc2ccnn2[C@H](CNC(=O)N2CCCC2)C1. The molecule has 1 aromatic rings. The van der Waals surface area contributed by atoms with E-state index in [4.69, 9.17) is 0 Å². The second-order valence-electron chi connectivity index (χ2n) is 5.50. The molecular formula is C13H21N5O. The largest absolute Gasteiger partial charge is 0.336 e. The summed E-state index contributed by atoms with van der Waals surface area (Å²) in [6.45, 7) is 4.28. The summed E-state index contributed by atoms with van der Waals surface area (Å²) < 4.78 is 2.05. The molecule has 0 unspecified atom stereocenters. The highest BCUT2D eigenvalue weighted by Gasteiger charge is 2.25. The van der Waals surface area contributed by atoms with Gasteiger partial charge in [-0.2, -0.15) is 5.10 Å². The molecule has 104 valence electrons. The molecule has 1 fully saturated rings. The van der Waals surface area contributed by atoms with Crippen LogP contribution in [0.5, 0.6) is 0 Å². The van der Waals surface area contributed by atoms with Gasteiger partial charge < -0.3 is 10.2 Å². The molecule has 0 aliphatic carbocycles. The fourth-order valence-electron chi connectivity index (χ4n) is 2.96. The number of nitrogens with one attached hydrogen (secondary N) is 1. The number of carbonyl (C=O) groups is 1. The van der Waals surface area contributed by atoms with E-state index in [0.29, 0.717) is 6.54 Å². The molecule has 0 radical (unpaired) electrons. The van der Waals surface area contributed by atoms with E-state index >= 15 is 0 Å². The maximum atomic E-state index is 12.0. The Balaban J connectivity index is 1.60. The molecule has 2 aliphatic heterocycles. The van der Waals surface area contributed by atoms with E-state index in [1.165, 1.54) is 5.69 Å². The smallest absolute Gasteiger partial charge is 0.317 e. The summed E-state index contributed by atoms with van der Waals surface area (Å²) in [4.78, 5) is 16.2. The summed E-state index contributed by atoms with van der Waals surface area (Å²) in [6, 6.07) is 2.35. The second-order valence-corrected chi connectivity index (χ2v) is 5.50. The molecule has 2 amide bonds. The maximum absolute atomic E-state index is 12.0. The Hall–Kier alpha value is -1.56. The minimum atomic E-state index is 0.0689. The summed E-state index contributed by atoms with van der Waals surface area (Å²) in [6.07, 6.45) is 4.09. The van der Waals surface area contributed by atoms with Crippen LogP contribution in [-0.2, 0) is 6.54 Å². The fraction of sp³-hybridized carbons (Fsp3) is 0.692. The molecule has 1 aromatic heterocycles. The van der Waals surface area contributed by atoms with Crippen LogP contribution in [0.4, 0.5) is 4.79 Å². The number of aromatic nitrogens is 2. The Labute approximate surface area is 113 Å². The number of likely N-dealkylation sites (tertiary alicyclic amines) is 1. The summed E-state index contributed by atoms with van der Waals surface area (Å²) >= 11 is 0. The number of hydrogen-bond acceptors (Lipinski definition) is 3. The zero-order chi connectivity index (χ0) is 13.2. The van der Waals surface area contributed by atoms with Gasteiger partial charge in [-0.15, -0.1) is 0 Å². The molecule has 1 atom stereocenters. The minimum absolute atomic E-state index is 0.0689. The number of nitrogens with zero attached hydrogens (tertiary/aromatic N) is 4. The summed E-state index contributed by atoms with van der Waals surface area (Å²) in [5.74, 6) is 0. The van der Waals surface area contributed by atoms with Gasteiger partial charge in [0.25, 0.3) is 0 Å². The van der Waals surface area contributed by atoms with Crippen LogP contribution in [0.1, 0.15) is 24.6 Å². The standard InChI is InChI=1S/C13H21N5O/c1-16-9-11-4-5-15-18(11)12(10-16)8-14-13(19)17-6-2-3-7-17/h4-5,12H,2-3,6-10H2,1H3,(H,14,19)/t12-/m1/s1. The predicted octanol–water partition coefficient (Wildman–Crippen LogP) is 0.675. The molecule has 6 nitrogen and oxygen atoms in total. The lowest BCUT2D eigenvalue weighted by molar-refractivity contribution is 0.189. The predicted molar refractivity (Wildman–Crippen MR) is 71.8 cm³/mol. The van der Waals surface area contributed by atoms with Crippen molar-refractivity contribution in [2.45, 2.75) is 25.4 Å². The third kappa shape index (κ3) is 2.58. The average molecular weight is 263 g/mol. The Morgan fingerprint density at radius 1 is 1.47 bits per heavy atom. The van der Waals surface area contributed by atoms with Crippen LogP contribution in [-0.4, -0.2) is 58.8 Å². The van der Waals surface area contributed by atoms with Crippen molar-refractivity contribution in [3.8, 4) is 0 Å². The molecule has 0 bridgehead atoms. The van der Waals surface area contributed by atoms with E-state index in [0.717, 1.165) is 39.0 Å². The normalized spacial score (nSPS) is 23.4. The highest BCUT2D eigenvalue weighted by atomic mass is 16.2. The van der Waals surface area contributed by atoms with E-state index in [9.17, 15) is 4.79 Å². The van der Waals surface area contributed by atoms with Crippen molar-refractivity contribution in [1.29, 1.82) is 0 Å². The molecule has 6 heteroatoms. The number of hydrogen-bond donors (Lipinski definition) is 1. The topological polar surface area (TPSA) is 53.4 Å². The van der Waals surface area contributed by atoms with Crippen molar-refractivity contribution in [3.63, 3.8) is 0 Å². The van der Waals surface area contributed by atoms with Gasteiger partial charge in [0, 0.05) is 38.9 Å². The van der Waals surface area contributed by atoms with Crippen LogP contribution in [0, 0.1) is 0 Å². The number of likely N-dealkylation sites (N-methyl/N-ethyl adjacent to an activating group) is 1. The van der Waals surface area contributed by atoms with E-state index in [1.54, 1.807) is 0 Å². The Morgan fingerprint density at radius 3 is 3.05 bits per heavy atom. The first-order valence-electron chi connectivity index (χ1n) is 6.98. The van der Waals surface area contributed by atoms with E-state index < -0.39 is 0 Å². The van der Waals surface area contributed by atoms with Crippen LogP contribution in [0.15, 0.2) is 12.3 Å². The van der Waals surface area contributed by atoms with Gasteiger partial charge in [0.1, 0.15) is 0 Å². The van der Waals surface area contributed by atoms with Gasteiger partial charge in [-0.05, 0) is 26.0 Å². The second kappa shape index (κ2) is 5.21. The lowest BCUT2D eigenvalue weighted by atomic mass is 10.2. The number of fused-ring (bicyclic) bond motifs is 1.